The van der Waals surface area contributed by atoms with E-state index >= 15 is 0 Å². The number of nitrogens with one attached hydrogen (secondary N) is 1. The zero-order chi connectivity index (χ0) is 17.7. The fourth-order valence-corrected chi connectivity index (χ4v) is 2.51. The Hall–Kier alpha value is -2.37. The molecule has 130 valence electrons. The summed E-state index contributed by atoms with van der Waals surface area (Å²) < 4.78 is 21.8. The van der Waals surface area contributed by atoms with E-state index in [0.29, 0.717) is 11.3 Å². The van der Waals surface area contributed by atoms with Crippen LogP contribution in [0.5, 0.6) is 5.75 Å². The Balaban J connectivity index is 2.07. The number of aromatic nitrogens is 2. The van der Waals surface area contributed by atoms with Gasteiger partial charge in [0.05, 0.1) is 11.8 Å². The standard InChI is InChI=1S/C18H24FN3O2/c1-5-14(6-2)24-16-9-7-8-13(17(16)19)11-20-18(23)15-10-12(3)21-22(15)4/h7-10,14H,5-6,11H2,1-4H3,(H,20,23). The van der Waals surface area contributed by atoms with Crippen LogP contribution in [0.3, 0.4) is 0 Å². The zero-order valence-electron chi connectivity index (χ0n) is 14.6. The van der Waals surface area contributed by atoms with Crippen LogP contribution in [-0.4, -0.2) is 21.8 Å². The third-order valence-electron chi connectivity index (χ3n) is 3.92. The molecule has 0 saturated heterocycles. The molecule has 2 aromatic rings. The van der Waals surface area contributed by atoms with Crippen LogP contribution in [0.15, 0.2) is 24.3 Å². The topological polar surface area (TPSA) is 56.1 Å². The van der Waals surface area contributed by atoms with Gasteiger partial charge in [0.25, 0.3) is 5.91 Å². The van der Waals surface area contributed by atoms with Crippen LogP contribution in [0.4, 0.5) is 4.39 Å². The molecular formula is C18H24FN3O2. The van der Waals surface area contributed by atoms with Crippen LogP contribution in [-0.2, 0) is 13.6 Å². The van der Waals surface area contributed by atoms with Gasteiger partial charge in [0, 0.05) is 19.2 Å². The fourth-order valence-electron chi connectivity index (χ4n) is 2.51. The normalized spacial score (nSPS) is 10.9. The van der Waals surface area contributed by atoms with Gasteiger partial charge in [-0.3, -0.25) is 9.48 Å². The van der Waals surface area contributed by atoms with E-state index in [9.17, 15) is 9.18 Å². The number of benzene rings is 1. The molecule has 1 amide bonds. The Bertz CT molecular complexity index is 708. The highest BCUT2D eigenvalue weighted by molar-refractivity contribution is 5.92. The number of hydrogen-bond donors (Lipinski definition) is 1. The third kappa shape index (κ3) is 4.13. The molecule has 6 heteroatoms. The second-order valence-corrected chi connectivity index (χ2v) is 5.76. The molecule has 0 bridgehead atoms. The summed E-state index contributed by atoms with van der Waals surface area (Å²) in [6.45, 7) is 5.92. The highest BCUT2D eigenvalue weighted by Gasteiger charge is 2.15. The monoisotopic (exact) mass is 333 g/mol. The first-order valence-electron chi connectivity index (χ1n) is 8.19. The number of halogens is 1. The van der Waals surface area contributed by atoms with Gasteiger partial charge in [-0.15, -0.1) is 0 Å². The van der Waals surface area contributed by atoms with Crippen LogP contribution < -0.4 is 10.1 Å². The van der Waals surface area contributed by atoms with Gasteiger partial charge in [-0.05, 0) is 31.9 Å². The molecule has 24 heavy (non-hydrogen) atoms. The molecule has 0 spiro atoms. The van der Waals surface area contributed by atoms with Crippen molar-refractivity contribution in [1.29, 1.82) is 0 Å². The molecule has 1 aromatic carbocycles. The number of rotatable bonds is 7. The van der Waals surface area contributed by atoms with Crippen LogP contribution in [0, 0.1) is 12.7 Å². The molecular weight excluding hydrogens is 309 g/mol. The average Bonchev–Trinajstić information content (AvgIpc) is 2.91. The van der Waals surface area contributed by atoms with E-state index in [2.05, 4.69) is 10.4 Å². The van der Waals surface area contributed by atoms with Crippen molar-refractivity contribution in [3.63, 3.8) is 0 Å². The largest absolute Gasteiger partial charge is 0.487 e. The minimum Gasteiger partial charge on any atom is -0.487 e. The summed E-state index contributed by atoms with van der Waals surface area (Å²) in [5.41, 5.74) is 1.59. The molecule has 0 saturated carbocycles. The summed E-state index contributed by atoms with van der Waals surface area (Å²) in [6.07, 6.45) is 1.62. The summed E-state index contributed by atoms with van der Waals surface area (Å²) in [7, 11) is 1.70. The smallest absolute Gasteiger partial charge is 0.269 e. The van der Waals surface area contributed by atoms with Crippen molar-refractivity contribution in [1.82, 2.24) is 15.1 Å². The van der Waals surface area contributed by atoms with Crippen LogP contribution in [0.2, 0.25) is 0 Å². The van der Waals surface area contributed by atoms with Gasteiger partial charge < -0.3 is 10.1 Å². The number of ether oxygens (including phenoxy) is 1. The van der Waals surface area contributed by atoms with Crippen molar-refractivity contribution in [2.45, 2.75) is 46.3 Å². The van der Waals surface area contributed by atoms with Crippen molar-refractivity contribution >= 4 is 5.91 Å². The molecule has 1 N–H and O–H groups in total. The fraction of sp³-hybridized carbons (Fsp3) is 0.444. The Kier molecular flexibility index (Phi) is 5.95. The van der Waals surface area contributed by atoms with Crippen molar-refractivity contribution in [3.05, 3.63) is 47.0 Å². The molecule has 5 nitrogen and oxygen atoms in total. The Morgan fingerprint density at radius 1 is 1.38 bits per heavy atom. The van der Waals surface area contributed by atoms with Crippen molar-refractivity contribution in [2.24, 2.45) is 7.05 Å². The number of carbonyl (C=O) groups excluding carboxylic acids is 1. The van der Waals surface area contributed by atoms with Crippen LogP contribution in [0.25, 0.3) is 0 Å². The first-order chi connectivity index (χ1) is 11.5. The molecule has 0 unspecified atom stereocenters. The van der Waals surface area contributed by atoms with Gasteiger partial charge in [0.15, 0.2) is 11.6 Å². The second kappa shape index (κ2) is 7.95. The van der Waals surface area contributed by atoms with Crippen molar-refractivity contribution in [2.75, 3.05) is 0 Å². The SMILES string of the molecule is CCC(CC)Oc1cccc(CNC(=O)c2cc(C)nn2C)c1F. The summed E-state index contributed by atoms with van der Waals surface area (Å²) >= 11 is 0. The lowest BCUT2D eigenvalue weighted by atomic mass is 10.1. The van der Waals surface area contributed by atoms with Gasteiger partial charge in [0.1, 0.15) is 5.69 Å². The Morgan fingerprint density at radius 2 is 2.08 bits per heavy atom. The quantitative estimate of drug-likeness (QED) is 0.845. The van der Waals surface area contributed by atoms with Gasteiger partial charge in [0.2, 0.25) is 0 Å². The first-order valence-corrected chi connectivity index (χ1v) is 8.19. The Labute approximate surface area is 141 Å². The van der Waals surface area contributed by atoms with E-state index in [1.807, 2.05) is 20.8 Å². The first kappa shape index (κ1) is 18.0. The van der Waals surface area contributed by atoms with E-state index in [-0.39, 0.29) is 24.3 Å². The van der Waals surface area contributed by atoms with Gasteiger partial charge in [-0.1, -0.05) is 26.0 Å². The van der Waals surface area contributed by atoms with E-state index in [0.717, 1.165) is 18.5 Å². The Morgan fingerprint density at radius 3 is 2.67 bits per heavy atom. The predicted octanol–water partition coefficient (Wildman–Crippen LogP) is 3.37. The molecule has 2 rings (SSSR count). The van der Waals surface area contributed by atoms with E-state index < -0.39 is 5.82 Å². The summed E-state index contributed by atoms with van der Waals surface area (Å²) in [5, 5.41) is 6.86. The van der Waals surface area contributed by atoms with E-state index in [4.69, 9.17) is 4.74 Å². The van der Waals surface area contributed by atoms with Crippen molar-refractivity contribution in [3.8, 4) is 5.75 Å². The lowest BCUT2D eigenvalue weighted by Gasteiger charge is -2.17. The van der Waals surface area contributed by atoms with Crippen LogP contribution >= 0.6 is 0 Å². The predicted molar refractivity (Wildman–Crippen MR) is 90.5 cm³/mol. The highest BCUT2D eigenvalue weighted by Crippen LogP contribution is 2.23. The number of carbonyl (C=O) groups is 1. The van der Waals surface area contributed by atoms with Crippen LogP contribution in [0.1, 0.15) is 48.4 Å². The van der Waals surface area contributed by atoms with Crippen molar-refractivity contribution < 1.29 is 13.9 Å². The molecule has 1 aromatic heterocycles. The summed E-state index contributed by atoms with van der Waals surface area (Å²) in [5.74, 6) is -0.485. The number of amides is 1. The summed E-state index contributed by atoms with van der Waals surface area (Å²) in [6, 6.07) is 6.68. The lowest BCUT2D eigenvalue weighted by molar-refractivity contribution is 0.0941. The average molecular weight is 333 g/mol. The molecule has 0 radical (unpaired) electrons. The highest BCUT2D eigenvalue weighted by atomic mass is 19.1. The maximum absolute atomic E-state index is 14.5. The molecule has 0 atom stereocenters. The van der Waals surface area contributed by atoms with Gasteiger partial charge >= 0.3 is 0 Å². The van der Waals surface area contributed by atoms with Gasteiger partial charge in [-0.2, -0.15) is 5.10 Å². The summed E-state index contributed by atoms with van der Waals surface area (Å²) in [4.78, 5) is 12.2. The second-order valence-electron chi connectivity index (χ2n) is 5.76. The minimum atomic E-state index is -0.425. The molecule has 0 aliphatic rings. The van der Waals surface area contributed by atoms with Gasteiger partial charge in [-0.25, -0.2) is 4.39 Å². The number of nitrogens with zero attached hydrogens (tertiary/aromatic N) is 2. The zero-order valence-corrected chi connectivity index (χ0v) is 14.6. The van der Waals surface area contributed by atoms with E-state index in [1.54, 1.807) is 31.3 Å². The maximum atomic E-state index is 14.5. The van der Waals surface area contributed by atoms with E-state index in [1.165, 1.54) is 4.68 Å². The minimum absolute atomic E-state index is 0.0123. The third-order valence-corrected chi connectivity index (χ3v) is 3.92. The lowest BCUT2D eigenvalue weighted by Crippen LogP contribution is -2.25. The number of hydrogen-bond acceptors (Lipinski definition) is 3. The molecule has 0 fully saturated rings. The molecule has 0 aliphatic heterocycles. The number of aryl methyl sites for hydroxylation is 2. The molecule has 0 aliphatic carbocycles. The molecule has 1 heterocycles. The maximum Gasteiger partial charge on any atom is 0.269 e.